The van der Waals surface area contributed by atoms with Gasteiger partial charge in [-0.15, -0.1) is 0 Å². The number of rotatable bonds is 13. The predicted molar refractivity (Wildman–Crippen MR) is 176 cm³/mol. The predicted octanol–water partition coefficient (Wildman–Crippen LogP) is 4.32. The van der Waals surface area contributed by atoms with Gasteiger partial charge in [-0.1, -0.05) is 42.6 Å². The van der Waals surface area contributed by atoms with Crippen LogP contribution in [0.25, 0.3) is 0 Å². The van der Waals surface area contributed by atoms with Gasteiger partial charge < -0.3 is 34.5 Å². The molecule has 1 aliphatic rings. The zero-order valence-electron chi connectivity index (χ0n) is 25.7. The van der Waals surface area contributed by atoms with Gasteiger partial charge in [0.25, 0.3) is 5.56 Å². The largest absolute Gasteiger partial charge is 0.495 e. The van der Waals surface area contributed by atoms with Gasteiger partial charge in [0, 0.05) is 62.8 Å². The highest BCUT2D eigenvalue weighted by Gasteiger charge is 2.28. The molecule has 1 saturated carbocycles. The minimum absolute atomic E-state index is 0.00276. The lowest BCUT2D eigenvalue weighted by molar-refractivity contribution is -0.117. The monoisotopic (exact) mass is 657 g/mol. The van der Waals surface area contributed by atoms with E-state index < -0.39 is 0 Å². The number of carbonyl (C=O) groups excluding carboxylic acids is 2. The third-order valence-electron chi connectivity index (χ3n) is 7.69. The molecule has 2 amide bonds. The molecule has 240 valence electrons. The molecule has 2 unspecified atom stereocenters. The zero-order valence-corrected chi connectivity index (χ0v) is 27.2. The number of nitrogens with zero attached hydrogens (tertiary/aromatic N) is 5. The van der Waals surface area contributed by atoms with Crippen LogP contribution in [0.3, 0.4) is 0 Å². The van der Waals surface area contributed by atoms with Crippen molar-refractivity contribution in [2.45, 2.75) is 50.9 Å². The smallest absolute Gasteiger partial charge is 0.250 e. The molecule has 0 radical (unpaired) electrons. The Kier molecular flexibility index (Phi) is 11.3. The highest BCUT2D eigenvalue weighted by Crippen LogP contribution is 2.46. The van der Waals surface area contributed by atoms with Crippen LogP contribution in [-0.4, -0.2) is 60.2 Å². The van der Waals surface area contributed by atoms with Crippen LogP contribution in [0.15, 0.2) is 48.0 Å². The Morgan fingerprint density at radius 2 is 1.80 bits per heavy atom. The van der Waals surface area contributed by atoms with Crippen LogP contribution in [0.5, 0.6) is 11.5 Å². The normalized spacial score (nSPS) is 16.0. The fourth-order valence-electron chi connectivity index (χ4n) is 5.31. The van der Waals surface area contributed by atoms with Crippen molar-refractivity contribution in [1.82, 2.24) is 19.9 Å². The number of nitrogens with one attached hydrogen (secondary N) is 2. The molecule has 2 heterocycles. The number of aryl methyl sites for hydroxylation is 1. The Labute approximate surface area is 271 Å². The highest BCUT2D eigenvalue weighted by atomic mass is 35.5. The van der Waals surface area contributed by atoms with E-state index in [2.05, 4.69) is 22.2 Å². The number of aromatic nitrogens is 3. The molecule has 45 heavy (non-hydrogen) atoms. The second-order valence-electron chi connectivity index (χ2n) is 10.7. The van der Waals surface area contributed by atoms with Gasteiger partial charge in [0.05, 0.1) is 26.5 Å². The lowest BCUT2D eigenvalue weighted by Crippen LogP contribution is -2.48. The maximum absolute atomic E-state index is 12.5. The molecule has 12 nitrogen and oxygen atoms in total. The fraction of sp³-hybridized carbons (Fsp3) is 0.387. The van der Waals surface area contributed by atoms with Crippen LogP contribution in [0, 0.1) is 0 Å². The summed E-state index contributed by atoms with van der Waals surface area (Å²) in [7, 11) is 6.42. The third-order valence-corrected chi connectivity index (χ3v) is 8.42. The average molecular weight is 659 g/mol. The molecule has 1 aliphatic carbocycles. The van der Waals surface area contributed by atoms with Crippen molar-refractivity contribution in [3.63, 3.8) is 0 Å². The molecule has 2 atom stereocenters. The van der Waals surface area contributed by atoms with Gasteiger partial charge in [-0.05, 0) is 30.5 Å². The molecule has 2 aromatic heterocycles. The Hall–Kier alpha value is -4.29. The molecule has 4 rings (SSSR count). The second-order valence-corrected chi connectivity index (χ2v) is 11.5. The van der Waals surface area contributed by atoms with Crippen molar-refractivity contribution in [1.29, 1.82) is 0 Å². The first-order chi connectivity index (χ1) is 21.6. The van der Waals surface area contributed by atoms with Crippen molar-refractivity contribution < 1.29 is 19.1 Å². The molecule has 0 aliphatic heterocycles. The number of halogens is 2. The first-order valence-electron chi connectivity index (χ1n) is 14.3. The lowest BCUT2D eigenvalue weighted by Gasteiger charge is -2.33. The fourth-order valence-corrected chi connectivity index (χ4v) is 6.03. The molecule has 14 heteroatoms. The van der Waals surface area contributed by atoms with Gasteiger partial charge in [-0.25, -0.2) is 4.98 Å². The Balaban J connectivity index is 1.73. The van der Waals surface area contributed by atoms with E-state index in [0.29, 0.717) is 30.3 Å². The van der Waals surface area contributed by atoms with Gasteiger partial charge in [0.1, 0.15) is 27.4 Å². The number of hydrogen-bond donors (Lipinski definition) is 2. The Morgan fingerprint density at radius 1 is 1.13 bits per heavy atom. The molecular formula is C31H37Cl2N7O5. The second kappa shape index (κ2) is 15.1. The van der Waals surface area contributed by atoms with Gasteiger partial charge in [0.15, 0.2) is 0 Å². The van der Waals surface area contributed by atoms with E-state index in [4.69, 9.17) is 37.7 Å². The molecule has 3 aromatic rings. The van der Waals surface area contributed by atoms with Crippen LogP contribution >= 0.6 is 23.2 Å². The van der Waals surface area contributed by atoms with E-state index in [0.717, 1.165) is 31.2 Å². The number of amides is 2. The molecular weight excluding hydrogens is 621 g/mol. The van der Waals surface area contributed by atoms with Crippen LogP contribution in [0.2, 0.25) is 10.0 Å². The number of carbonyl (C=O) groups is 2. The van der Waals surface area contributed by atoms with Gasteiger partial charge in [-0.2, -0.15) is 4.98 Å². The molecule has 0 saturated heterocycles. The summed E-state index contributed by atoms with van der Waals surface area (Å²) in [4.78, 5) is 49.6. The third kappa shape index (κ3) is 7.87. The number of pyridine rings is 1. The minimum atomic E-state index is -0.236. The summed E-state index contributed by atoms with van der Waals surface area (Å²) in [5, 5.41) is 6.67. The highest BCUT2D eigenvalue weighted by molar-refractivity contribution is 6.41. The van der Waals surface area contributed by atoms with E-state index in [9.17, 15) is 14.4 Å². The van der Waals surface area contributed by atoms with Crippen molar-refractivity contribution in [3.05, 3.63) is 74.8 Å². The van der Waals surface area contributed by atoms with Crippen LogP contribution in [0.1, 0.15) is 36.8 Å². The number of benzene rings is 1. The number of hydrogen-bond acceptors (Lipinski definition) is 9. The SMILES string of the molecule is C=CC(=O)NC1CCCCC1Nc1ncc(CN(C=O)c2c(Cl)c(OC)cc(OC)c2Cl)c(N(C)Cc2ccn(C)c(=O)c2)n1. The maximum Gasteiger partial charge on any atom is 0.250 e. The van der Waals surface area contributed by atoms with Gasteiger partial charge in [-0.3, -0.25) is 14.4 Å². The maximum atomic E-state index is 12.5. The van der Waals surface area contributed by atoms with Crippen molar-refractivity contribution in [3.8, 4) is 11.5 Å². The van der Waals surface area contributed by atoms with Crippen molar-refractivity contribution in [2.24, 2.45) is 7.05 Å². The first kappa shape index (κ1) is 33.6. The number of ether oxygens (including phenoxy) is 2. The van der Waals surface area contributed by atoms with Gasteiger partial charge in [0.2, 0.25) is 18.3 Å². The van der Waals surface area contributed by atoms with E-state index in [1.54, 1.807) is 31.6 Å². The van der Waals surface area contributed by atoms with E-state index >= 15 is 0 Å². The Morgan fingerprint density at radius 3 is 2.40 bits per heavy atom. The van der Waals surface area contributed by atoms with Crippen LogP contribution < -0.4 is 35.5 Å². The van der Waals surface area contributed by atoms with Crippen molar-refractivity contribution in [2.75, 3.05) is 36.4 Å². The molecule has 0 bridgehead atoms. The lowest BCUT2D eigenvalue weighted by atomic mass is 9.90. The van der Waals surface area contributed by atoms with E-state index in [1.807, 2.05) is 18.0 Å². The van der Waals surface area contributed by atoms with E-state index in [1.165, 1.54) is 29.8 Å². The zero-order chi connectivity index (χ0) is 32.7. The van der Waals surface area contributed by atoms with E-state index in [-0.39, 0.29) is 57.3 Å². The summed E-state index contributed by atoms with van der Waals surface area (Å²) in [5.74, 6) is 1.18. The topological polar surface area (TPSA) is 131 Å². The average Bonchev–Trinajstić information content (AvgIpc) is 3.03. The Bertz CT molecular complexity index is 1590. The summed E-state index contributed by atoms with van der Waals surface area (Å²) >= 11 is 13.3. The van der Waals surface area contributed by atoms with Gasteiger partial charge >= 0.3 is 0 Å². The molecule has 0 spiro atoms. The van der Waals surface area contributed by atoms with Crippen LogP contribution in [-0.2, 0) is 29.7 Å². The first-order valence-corrected chi connectivity index (χ1v) is 15.1. The quantitative estimate of drug-likeness (QED) is 0.204. The summed E-state index contributed by atoms with van der Waals surface area (Å²) in [6, 6.07) is 4.74. The minimum Gasteiger partial charge on any atom is -0.495 e. The molecule has 2 N–H and O–H groups in total. The summed E-state index contributed by atoms with van der Waals surface area (Å²) in [6.07, 6.45) is 8.81. The number of methoxy groups -OCH3 is 2. The standard InChI is InChI=1S/C31H37Cl2N7O5/c1-6-25(42)35-21-9-7-8-10-22(21)36-31-34-15-20(30(37-31)39(3)16-19-11-12-38(2)26(43)13-19)17-40(18-41)29-27(32)23(44-4)14-24(45-5)28(29)33/h6,11-15,18,21-22H,1,7-10,16-17H2,2-5H3,(H,35,42)(H,34,36,37). The molecule has 1 aromatic carbocycles. The summed E-state index contributed by atoms with van der Waals surface area (Å²) in [5.41, 5.74) is 1.41. The molecule has 1 fully saturated rings. The van der Waals surface area contributed by atoms with Crippen molar-refractivity contribution >= 4 is 53.0 Å². The summed E-state index contributed by atoms with van der Waals surface area (Å²) in [6.45, 7) is 3.90. The van der Waals surface area contributed by atoms with Crippen LogP contribution in [0.4, 0.5) is 17.5 Å². The number of anilines is 3. The summed E-state index contributed by atoms with van der Waals surface area (Å²) < 4.78 is 12.3.